The fraction of sp³-hybridized carbons (Fsp3) is 0.571. The van der Waals surface area contributed by atoms with Crippen LogP contribution in [0.25, 0.3) is 0 Å². The molecule has 1 heteroatoms. The third kappa shape index (κ3) is 5.58. The minimum atomic E-state index is 0.636. The fourth-order valence-electron chi connectivity index (χ4n) is 1.69. The summed E-state index contributed by atoms with van der Waals surface area (Å²) < 4.78 is 0. The molecule has 0 radical (unpaired) electrons. The summed E-state index contributed by atoms with van der Waals surface area (Å²) >= 11 is 0. The molecule has 0 saturated carbocycles. The Morgan fingerprint density at radius 2 is 1.87 bits per heavy atom. The lowest BCUT2D eigenvalue weighted by Gasteiger charge is -2.13. The highest BCUT2D eigenvalue weighted by Crippen LogP contribution is 2.04. The maximum absolute atomic E-state index is 3.56. The Balaban J connectivity index is 2.14. The molecule has 0 aliphatic carbocycles. The normalized spacial score (nSPS) is 12.7. The van der Waals surface area contributed by atoms with Gasteiger partial charge in [0, 0.05) is 12.6 Å². The predicted molar refractivity (Wildman–Crippen MR) is 66.9 cm³/mol. The molecule has 1 rings (SSSR count). The molecule has 0 aliphatic heterocycles. The first-order valence-corrected chi connectivity index (χ1v) is 6.10. The first kappa shape index (κ1) is 12.3. The van der Waals surface area contributed by atoms with E-state index in [0.29, 0.717) is 6.04 Å². The van der Waals surface area contributed by atoms with Gasteiger partial charge in [-0.2, -0.15) is 0 Å². The summed E-state index contributed by atoms with van der Waals surface area (Å²) in [5.74, 6) is 0. The molecule has 0 amide bonds. The van der Waals surface area contributed by atoms with E-state index in [0.717, 1.165) is 6.54 Å². The maximum atomic E-state index is 3.56. The van der Waals surface area contributed by atoms with Gasteiger partial charge in [-0.3, -0.25) is 0 Å². The van der Waals surface area contributed by atoms with Crippen molar-refractivity contribution in [2.24, 2.45) is 0 Å². The van der Waals surface area contributed by atoms with Gasteiger partial charge in [0.05, 0.1) is 0 Å². The van der Waals surface area contributed by atoms with Gasteiger partial charge in [-0.1, -0.05) is 56.5 Å². The number of rotatable bonds is 7. The van der Waals surface area contributed by atoms with Gasteiger partial charge in [0.1, 0.15) is 0 Å². The first-order chi connectivity index (χ1) is 7.33. The lowest BCUT2D eigenvalue weighted by atomic mass is 10.1. The van der Waals surface area contributed by atoms with Crippen molar-refractivity contribution < 1.29 is 0 Å². The quantitative estimate of drug-likeness (QED) is 0.669. The Labute approximate surface area is 93.9 Å². The molecule has 1 aromatic carbocycles. The summed E-state index contributed by atoms with van der Waals surface area (Å²) in [5.41, 5.74) is 1.37. The second-order valence-corrected chi connectivity index (χ2v) is 4.26. The van der Waals surface area contributed by atoms with Crippen LogP contribution in [0.1, 0.15) is 45.1 Å². The van der Waals surface area contributed by atoms with Gasteiger partial charge in [-0.25, -0.2) is 0 Å². The molecular formula is C14H23N. The first-order valence-electron chi connectivity index (χ1n) is 6.10. The average Bonchev–Trinajstić information content (AvgIpc) is 2.28. The largest absolute Gasteiger partial charge is 0.310 e. The lowest BCUT2D eigenvalue weighted by molar-refractivity contribution is 0.487. The molecule has 1 atom stereocenters. The van der Waals surface area contributed by atoms with Crippen molar-refractivity contribution in [2.75, 3.05) is 0 Å². The molecular weight excluding hydrogens is 182 g/mol. The van der Waals surface area contributed by atoms with Gasteiger partial charge in [0.2, 0.25) is 0 Å². The van der Waals surface area contributed by atoms with E-state index in [1.807, 2.05) is 0 Å². The summed E-state index contributed by atoms with van der Waals surface area (Å²) in [7, 11) is 0. The highest BCUT2D eigenvalue weighted by molar-refractivity contribution is 5.14. The zero-order chi connectivity index (χ0) is 10.9. The standard InChI is InChI=1S/C14H23N/c1-3-4-6-9-13(2)15-12-14-10-7-5-8-11-14/h5,7-8,10-11,13,15H,3-4,6,9,12H2,1-2H3. The van der Waals surface area contributed by atoms with Gasteiger partial charge in [0.15, 0.2) is 0 Å². The zero-order valence-corrected chi connectivity index (χ0v) is 10.00. The SMILES string of the molecule is CCCCCC(C)NCc1ccccc1. The van der Waals surface area contributed by atoms with Crippen LogP contribution < -0.4 is 5.32 Å². The highest BCUT2D eigenvalue weighted by atomic mass is 14.9. The Morgan fingerprint density at radius 3 is 2.53 bits per heavy atom. The highest BCUT2D eigenvalue weighted by Gasteiger charge is 2.00. The number of hydrogen-bond donors (Lipinski definition) is 1. The van der Waals surface area contributed by atoms with Crippen LogP contribution in [0.15, 0.2) is 30.3 Å². The van der Waals surface area contributed by atoms with Crippen LogP contribution >= 0.6 is 0 Å². The molecule has 0 heterocycles. The topological polar surface area (TPSA) is 12.0 Å². The Hall–Kier alpha value is -0.820. The van der Waals surface area contributed by atoms with Crippen LogP contribution in [-0.2, 0) is 6.54 Å². The third-order valence-electron chi connectivity index (χ3n) is 2.74. The maximum Gasteiger partial charge on any atom is 0.0207 e. The molecule has 1 nitrogen and oxygen atoms in total. The number of unbranched alkanes of at least 4 members (excludes halogenated alkanes) is 2. The van der Waals surface area contributed by atoms with E-state index < -0.39 is 0 Å². The molecule has 15 heavy (non-hydrogen) atoms. The van der Waals surface area contributed by atoms with Crippen LogP contribution in [0, 0.1) is 0 Å². The smallest absolute Gasteiger partial charge is 0.0207 e. The molecule has 0 aromatic heterocycles. The van der Waals surface area contributed by atoms with Gasteiger partial charge < -0.3 is 5.32 Å². The van der Waals surface area contributed by atoms with Crippen molar-refractivity contribution in [1.82, 2.24) is 5.32 Å². The zero-order valence-electron chi connectivity index (χ0n) is 10.00. The summed E-state index contributed by atoms with van der Waals surface area (Å²) in [6.07, 6.45) is 5.31. The summed E-state index contributed by atoms with van der Waals surface area (Å²) in [4.78, 5) is 0. The lowest BCUT2D eigenvalue weighted by Crippen LogP contribution is -2.25. The van der Waals surface area contributed by atoms with Crippen molar-refractivity contribution in [3.8, 4) is 0 Å². The molecule has 0 aliphatic rings. The van der Waals surface area contributed by atoms with Crippen LogP contribution in [-0.4, -0.2) is 6.04 Å². The molecule has 1 unspecified atom stereocenters. The minimum Gasteiger partial charge on any atom is -0.310 e. The monoisotopic (exact) mass is 205 g/mol. The summed E-state index contributed by atoms with van der Waals surface area (Å²) in [5, 5.41) is 3.56. The van der Waals surface area contributed by atoms with E-state index in [1.165, 1.54) is 31.2 Å². The molecule has 1 aromatic rings. The van der Waals surface area contributed by atoms with E-state index in [4.69, 9.17) is 0 Å². The fourth-order valence-corrected chi connectivity index (χ4v) is 1.69. The van der Waals surface area contributed by atoms with Crippen molar-refractivity contribution in [3.05, 3.63) is 35.9 Å². The molecule has 1 N–H and O–H groups in total. The van der Waals surface area contributed by atoms with E-state index in [1.54, 1.807) is 0 Å². The van der Waals surface area contributed by atoms with Crippen molar-refractivity contribution in [2.45, 2.75) is 52.1 Å². The van der Waals surface area contributed by atoms with Crippen LogP contribution in [0.4, 0.5) is 0 Å². The molecule has 0 spiro atoms. The van der Waals surface area contributed by atoms with Crippen LogP contribution in [0.5, 0.6) is 0 Å². The Bertz CT molecular complexity index is 243. The van der Waals surface area contributed by atoms with Gasteiger partial charge in [-0.15, -0.1) is 0 Å². The number of hydrogen-bond acceptors (Lipinski definition) is 1. The number of benzene rings is 1. The average molecular weight is 205 g/mol. The molecule has 0 saturated heterocycles. The van der Waals surface area contributed by atoms with Crippen LogP contribution in [0.2, 0.25) is 0 Å². The summed E-state index contributed by atoms with van der Waals surface area (Å²) in [6.45, 7) is 5.52. The molecule has 0 fully saturated rings. The number of nitrogens with one attached hydrogen (secondary N) is 1. The van der Waals surface area contributed by atoms with Crippen molar-refractivity contribution >= 4 is 0 Å². The predicted octanol–water partition coefficient (Wildman–Crippen LogP) is 3.75. The second kappa shape index (κ2) is 7.47. The second-order valence-electron chi connectivity index (χ2n) is 4.26. The van der Waals surface area contributed by atoms with E-state index in [9.17, 15) is 0 Å². The van der Waals surface area contributed by atoms with Crippen molar-refractivity contribution in [3.63, 3.8) is 0 Å². The van der Waals surface area contributed by atoms with E-state index in [-0.39, 0.29) is 0 Å². The van der Waals surface area contributed by atoms with E-state index in [2.05, 4.69) is 49.5 Å². The minimum absolute atomic E-state index is 0.636. The van der Waals surface area contributed by atoms with Crippen LogP contribution in [0.3, 0.4) is 0 Å². The Morgan fingerprint density at radius 1 is 1.13 bits per heavy atom. The summed E-state index contributed by atoms with van der Waals surface area (Å²) in [6, 6.07) is 11.2. The van der Waals surface area contributed by atoms with Gasteiger partial charge in [-0.05, 0) is 18.9 Å². The third-order valence-corrected chi connectivity index (χ3v) is 2.74. The van der Waals surface area contributed by atoms with E-state index >= 15 is 0 Å². The van der Waals surface area contributed by atoms with Crippen molar-refractivity contribution in [1.29, 1.82) is 0 Å². The molecule has 0 bridgehead atoms. The van der Waals surface area contributed by atoms with Gasteiger partial charge in [0.25, 0.3) is 0 Å². The molecule has 84 valence electrons. The van der Waals surface area contributed by atoms with Gasteiger partial charge >= 0.3 is 0 Å². The Kier molecular flexibility index (Phi) is 6.10.